The van der Waals surface area contributed by atoms with E-state index in [9.17, 15) is 40.3 Å². The summed E-state index contributed by atoms with van der Waals surface area (Å²) in [6.45, 7) is 0.361. The molecule has 0 saturated carbocycles. The first-order chi connectivity index (χ1) is 21.0. The average Bonchev–Trinajstić information content (AvgIpc) is 3.59. The molecule has 2 N–H and O–H groups in total. The third-order valence-corrected chi connectivity index (χ3v) is 6.40. The summed E-state index contributed by atoms with van der Waals surface area (Å²) < 4.78 is 94.0. The molecule has 0 atom stereocenters. The van der Waals surface area contributed by atoms with Crippen LogP contribution in [0.2, 0.25) is 10.0 Å². The average molecular weight is 679 g/mol. The molecule has 3 heterocycles. The zero-order chi connectivity index (χ0) is 33.3. The summed E-state index contributed by atoms with van der Waals surface area (Å²) in [6.07, 6.45) is -11.6. The second kappa shape index (κ2) is 12.3. The Morgan fingerprint density at radius 1 is 1.02 bits per heavy atom. The van der Waals surface area contributed by atoms with Gasteiger partial charge in [0, 0.05) is 11.2 Å². The van der Waals surface area contributed by atoms with Crippen molar-refractivity contribution >= 4 is 40.7 Å². The van der Waals surface area contributed by atoms with Crippen LogP contribution in [-0.4, -0.2) is 65.7 Å². The highest BCUT2D eigenvalue weighted by molar-refractivity contribution is 6.32. The van der Waals surface area contributed by atoms with Crippen molar-refractivity contribution in [2.45, 2.75) is 31.5 Å². The van der Waals surface area contributed by atoms with Gasteiger partial charge in [-0.25, -0.2) is 14.1 Å². The van der Waals surface area contributed by atoms with Crippen LogP contribution in [0.1, 0.15) is 37.9 Å². The number of rotatable bonds is 8. The van der Waals surface area contributed by atoms with Crippen molar-refractivity contribution in [1.82, 2.24) is 40.3 Å². The van der Waals surface area contributed by atoms with Crippen LogP contribution >= 0.6 is 23.2 Å². The number of aromatic nitrogens is 7. The van der Waals surface area contributed by atoms with Gasteiger partial charge in [0.05, 0.1) is 28.0 Å². The zero-order valence-corrected chi connectivity index (χ0v) is 23.7. The molecule has 0 aliphatic heterocycles. The highest BCUT2D eigenvalue weighted by atomic mass is 35.5. The second-order valence-corrected chi connectivity index (χ2v) is 9.82. The number of pyridine rings is 1. The van der Waals surface area contributed by atoms with Crippen molar-refractivity contribution in [3.63, 3.8) is 0 Å². The Kier molecular flexibility index (Phi) is 9.02. The van der Waals surface area contributed by atoms with Gasteiger partial charge in [0.25, 0.3) is 11.8 Å². The number of nitrogens with one attached hydrogen (secondary N) is 2. The van der Waals surface area contributed by atoms with Gasteiger partial charge in [0.15, 0.2) is 5.82 Å². The van der Waals surface area contributed by atoms with Crippen LogP contribution in [0.15, 0.2) is 36.5 Å². The van der Waals surface area contributed by atoms with E-state index in [1.807, 2.05) is 0 Å². The molecule has 0 aliphatic rings. The van der Waals surface area contributed by atoms with E-state index in [0.717, 1.165) is 10.7 Å². The fraction of sp³-hybridized carbons (Fsp3) is 0.250. The van der Waals surface area contributed by atoms with Gasteiger partial charge in [0.1, 0.15) is 18.8 Å². The zero-order valence-electron chi connectivity index (χ0n) is 22.2. The first-order valence-electron chi connectivity index (χ1n) is 12.0. The maximum absolute atomic E-state index is 14.4. The number of nitrogens with zero attached hydrogens (tertiary/aromatic N) is 8. The lowest BCUT2D eigenvalue weighted by atomic mass is 10.1. The van der Waals surface area contributed by atoms with E-state index >= 15 is 0 Å². The van der Waals surface area contributed by atoms with E-state index < -0.39 is 42.2 Å². The molecular weight excluding hydrogens is 664 g/mol. The summed E-state index contributed by atoms with van der Waals surface area (Å²) >= 11 is 12.3. The van der Waals surface area contributed by atoms with Crippen molar-refractivity contribution in [3.05, 3.63) is 74.9 Å². The number of hydrogen-bond donors (Lipinski definition) is 2. The standard InChI is InChI=1S/C24H15Cl2F7N10O2/c1-11-7-12(25)8-14(19(44)36-6-4-34)17(11)37-20(45)16-9-13(39-43(16)18-15(26)3-2-5-35-18)10-42-40-21(38-41-42)22(27,23(28,29)30)24(31,32)33/h2-3,5,7-9H,6,10H2,1H3,(H,36,44)(H,37,45). The Labute approximate surface area is 256 Å². The summed E-state index contributed by atoms with van der Waals surface area (Å²) in [6, 6.07) is 8.26. The van der Waals surface area contributed by atoms with Gasteiger partial charge in [-0.2, -0.15) is 41.5 Å². The molecule has 0 radical (unpaired) electrons. The van der Waals surface area contributed by atoms with Crippen LogP contribution in [0.5, 0.6) is 0 Å². The molecule has 0 saturated heterocycles. The molecule has 4 aromatic rings. The SMILES string of the molecule is Cc1cc(Cl)cc(C(=O)NCC#N)c1NC(=O)c1cc(Cn2nnc(C(F)(C(F)(F)F)C(F)(F)F)n2)nn1-c1ncccc1Cl. The van der Waals surface area contributed by atoms with E-state index in [4.69, 9.17) is 28.5 Å². The van der Waals surface area contributed by atoms with E-state index in [0.29, 0.717) is 5.56 Å². The van der Waals surface area contributed by atoms with Gasteiger partial charge in [-0.3, -0.25) is 9.59 Å². The number of carbonyl (C=O) groups excluding carboxylic acids is 2. The van der Waals surface area contributed by atoms with Crippen molar-refractivity contribution < 1.29 is 40.3 Å². The van der Waals surface area contributed by atoms with Gasteiger partial charge >= 0.3 is 18.0 Å². The predicted octanol–water partition coefficient (Wildman–Crippen LogP) is 4.71. The summed E-state index contributed by atoms with van der Waals surface area (Å²) in [7, 11) is 0. The molecule has 0 fully saturated rings. The summed E-state index contributed by atoms with van der Waals surface area (Å²) in [5, 5.41) is 26.5. The van der Waals surface area contributed by atoms with E-state index in [-0.39, 0.29) is 49.8 Å². The maximum atomic E-state index is 14.4. The Hall–Kier alpha value is -4.83. The van der Waals surface area contributed by atoms with Crippen LogP contribution in [-0.2, 0) is 12.2 Å². The number of alkyl halides is 7. The Morgan fingerprint density at radius 2 is 1.71 bits per heavy atom. The van der Waals surface area contributed by atoms with E-state index in [1.165, 1.54) is 37.4 Å². The molecule has 3 aromatic heterocycles. The van der Waals surface area contributed by atoms with Crippen LogP contribution in [0.25, 0.3) is 5.82 Å². The number of carbonyl (C=O) groups is 2. The van der Waals surface area contributed by atoms with Crippen LogP contribution in [0.3, 0.4) is 0 Å². The molecule has 0 bridgehead atoms. The molecule has 0 unspecified atom stereocenters. The lowest BCUT2D eigenvalue weighted by molar-refractivity contribution is -0.351. The third kappa shape index (κ3) is 6.51. The smallest absolute Gasteiger partial charge is 0.339 e. The summed E-state index contributed by atoms with van der Waals surface area (Å²) in [4.78, 5) is 30.5. The number of aryl methyl sites for hydroxylation is 1. The molecule has 1 aromatic carbocycles. The number of hydrogen-bond acceptors (Lipinski definition) is 8. The normalized spacial score (nSPS) is 12.1. The minimum absolute atomic E-state index is 0.0255. The van der Waals surface area contributed by atoms with Gasteiger partial charge in [-0.1, -0.05) is 23.2 Å². The topological polar surface area (TPSA) is 156 Å². The van der Waals surface area contributed by atoms with Crippen LogP contribution in [0.4, 0.5) is 36.4 Å². The molecule has 236 valence electrons. The van der Waals surface area contributed by atoms with Crippen molar-refractivity contribution in [2.24, 2.45) is 0 Å². The number of halogens is 9. The highest BCUT2D eigenvalue weighted by Gasteiger charge is 2.76. The van der Waals surface area contributed by atoms with Crippen molar-refractivity contribution in [3.8, 4) is 11.9 Å². The highest BCUT2D eigenvalue weighted by Crippen LogP contribution is 2.51. The van der Waals surface area contributed by atoms with Crippen molar-refractivity contribution in [2.75, 3.05) is 11.9 Å². The predicted molar refractivity (Wildman–Crippen MR) is 140 cm³/mol. The Morgan fingerprint density at radius 3 is 2.33 bits per heavy atom. The first kappa shape index (κ1) is 33.1. The molecule has 21 heteroatoms. The third-order valence-electron chi connectivity index (χ3n) is 5.89. The fourth-order valence-corrected chi connectivity index (χ4v) is 4.33. The van der Waals surface area contributed by atoms with E-state index in [1.54, 1.807) is 6.07 Å². The number of anilines is 1. The number of benzene rings is 1. The minimum atomic E-state index is -6.47. The fourth-order valence-electron chi connectivity index (χ4n) is 3.85. The van der Waals surface area contributed by atoms with Crippen molar-refractivity contribution in [1.29, 1.82) is 5.26 Å². The van der Waals surface area contributed by atoms with Gasteiger partial charge in [-0.05, 0) is 48.0 Å². The second-order valence-electron chi connectivity index (χ2n) is 8.98. The van der Waals surface area contributed by atoms with Gasteiger partial charge in [0.2, 0.25) is 5.82 Å². The maximum Gasteiger partial charge on any atom is 0.439 e. The summed E-state index contributed by atoms with van der Waals surface area (Å²) in [5.41, 5.74) is -6.32. The number of amides is 2. The Bertz CT molecular complexity index is 1800. The molecule has 12 nitrogen and oxygen atoms in total. The van der Waals surface area contributed by atoms with E-state index in [2.05, 4.69) is 36.1 Å². The van der Waals surface area contributed by atoms with Crippen LogP contribution < -0.4 is 10.6 Å². The summed E-state index contributed by atoms with van der Waals surface area (Å²) in [5.74, 6) is -4.14. The molecule has 0 spiro atoms. The minimum Gasteiger partial charge on any atom is -0.339 e. The molecule has 2 amide bonds. The van der Waals surface area contributed by atoms with Gasteiger partial charge in [-0.15, -0.1) is 10.2 Å². The number of tetrazole rings is 1. The molecule has 4 rings (SSSR count). The van der Waals surface area contributed by atoms with Crippen LogP contribution in [0, 0.1) is 18.3 Å². The monoisotopic (exact) mass is 678 g/mol. The first-order valence-corrected chi connectivity index (χ1v) is 12.8. The lowest BCUT2D eigenvalue weighted by Gasteiger charge is -2.26. The largest absolute Gasteiger partial charge is 0.439 e. The van der Waals surface area contributed by atoms with Gasteiger partial charge < -0.3 is 10.6 Å². The quantitative estimate of drug-likeness (QED) is 0.200. The molecule has 45 heavy (non-hydrogen) atoms. The lowest BCUT2D eigenvalue weighted by Crippen LogP contribution is -2.51. The Balaban J connectivity index is 1.75. The molecular formula is C24H15Cl2F7N10O2. The number of nitriles is 1. The molecule has 0 aliphatic carbocycles.